The van der Waals surface area contributed by atoms with E-state index in [1.54, 1.807) is 6.92 Å². The summed E-state index contributed by atoms with van der Waals surface area (Å²) in [5.74, 6) is -3.85. The molecule has 0 radical (unpaired) electrons. The van der Waals surface area contributed by atoms with E-state index in [9.17, 15) is 23.7 Å². The van der Waals surface area contributed by atoms with E-state index in [0.29, 0.717) is 0 Å². The van der Waals surface area contributed by atoms with Gasteiger partial charge in [0.1, 0.15) is 12.2 Å². The molecule has 1 heterocycles. The molecule has 0 aliphatic heterocycles. The molecule has 1 aliphatic carbocycles. The molecular formula is C13H15ClF2N4O4. The van der Waals surface area contributed by atoms with Gasteiger partial charge in [0.2, 0.25) is 11.1 Å². The minimum absolute atomic E-state index is 0.188. The van der Waals surface area contributed by atoms with Gasteiger partial charge in [0.25, 0.3) is 5.92 Å². The first-order valence-corrected chi connectivity index (χ1v) is 7.49. The first-order valence-electron chi connectivity index (χ1n) is 7.11. The Morgan fingerprint density at radius 2 is 2.25 bits per heavy atom. The van der Waals surface area contributed by atoms with Crippen LogP contribution in [0.3, 0.4) is 0 Å². The normalized spacial score (nSPS) is 17.7. The fourth-order valence-corrected chi connectivity index (χ4v) is 2.81. The lowest BCUT2D eigenvalue weighted by Crippen LogP contribution is -2.57. The molecule has 1 saturated carbocycles. The summed E-state index contributed by atoms with van der Waals surface area (Å²) in [6, 6.07) is -1.80. The highest BCUT2D eigenvalue weighted by molar-refractivity contribution is 6.28. The van der Waals surface area contributed by atoms with Crippen molar-refractivity contribution in [3.8, 4) is 0 Å². The van der Waals surface area contributed by atoms with Gasteiger partial charge in [-0.2, -0.15) is 4.98 Å². The summed E-state index contributed by atoms with van der Waals surface area (Å²) in [6.45, 7) is 1.64. The van der Waals surface area contributed by atoms with Crippen molar-refractivity contribution in [3.05, 3.63) is 21.6 Å². The molecule has 132 valence electrons. The van der Waals surface area contributed by atoms with Crippen LogP contribution in [-0.2, 0) is 9.53 Å². The molecule has 0 saturated heterocycles. The Morgan fingerprint density at radius 3 is 2.71 bits per heavy atom. The largest absolute Gasteiger partial charge is 0.467 e. The van der Waals surface area contributed by atoms with Gasteiger partial charge in [-0.05, 0) is 18.0 Å². The van der Waals surface area contributed by atoms with Gasteiger partial charge in [0.15, 0.2) is 0 Å². The number of anilines is 1. The van der Waals surface area contributed by atoms with Crippen LogP contribution < -0.4 is 4.90 Å². The zero-order valence-corrected chi connectivity index (χ0v) is 13.7. The van der Waals surface area contributed by atoms with Gasteiger partial charge < -0.3 is 9.64 Å². The molecule has 0 bridgehead atoms. The van der Waals surface area contributed by atoms with E-state index in [2.05, 4.69) is 9.97 Å². The molecule has 24 heavy (non-hydrogen) atoms. The minimum Gasteiger partial charge on any atom is -0.467 e. The summed E-state index contributed by atoms with van der Waals surface area (Å²) in [5, 5.41) is 10.9. The Bertz CT molecular complexity index is 653. The Balaban J connectivity index is 2.52. The number of hydrogen-bond donors (Lipinski definition) is 0. The Morgan fingerprint density at radius 1 is 1.62 bits per heavy atom. The SMILES string of the molecule is CC[C@H](C(=O)OC)N(c1nc(Cl)ncc1[N+](=O)[O-])C1CC(F)(F)C1. The number of aromatic nitrogens is 2. The van der Waals surface area contributed by atoms with Gasteiger partial charge in [-0.3, -0.25) is 10.1 Å². The first kappa shape index (κ1) is 18.2. The fourth-order valence-electron chi connectivity index (χ4n) is 2.68. The Hall–Kier alpha value is -2.10. The van der Waals surface area contributed by atoms with Crippen molar-refractivity contribution in [2.24, 2.45) is 0 Å². The molecule has 0 N–H and O–H groups in total. The summed E-state index contributed by atoms with van der Waals surface area (Å²) in [7, 11) is 1.15. The number of esters is 1. The van der Waals surface area contributed by atoms with Gasteiger partial charge in [0.05, 0.1) is 12.0 Å². The van der Waals surface area contributed by atoms with Crippen LogP contribution in [0.1, 0.15) is 26.2 Å². The van der Waals surface area contributed by atoms with E-state index in [1.165, 1.54) is 4.90 Å². The minimum atomic E-state index is -2.89. The Labute approximate surface area is 140 Å². The van der Waals surface area contributed by atoms with E-state index in [1.807, 2.05) is 0 Å². The number of rotatable bonds is 6. The highest BCUT2D eigenvalue weighted by Crippen LogP contribution is 2.44. The second-order valence-electron chi connectivity index (χ2n) is 5.38. The third-order valence-corrected chi connectivity index (χ3v) is 4.00. The lowest BCUT2D eigenvalue weighted by molar-refractivity contribution is -0.384. The molecule has 0 unspecified atom stereocenters. The van der Waals surface area contributed by atoms with Gasteiger partial charge in [0, 0.05) is 18.9 Å². The maximum Gasteiger partial charge on any atom is 0.329 e. The molecule has 1 aromatic rings. The molecule has 2 rings (SSSR count). The predicted molar refractivity (Wildman–Crippen MR) is 80.2 cm³/mol. The van der Waals surface area contributed by atoms with E-state index < -0.39 is 47.4 Å². The van der Waals surface area contributed by atoms with Crippen molar-refractivity contribution >= 4 is 29.1 Å². The number of hydrogen-bond acceptors (Lipinski definition) is 7. The maximum atomic E-state index is 13.3. The highest BCUT2D eigenvalue weighted by Gasteiger charge is 2.51. The van der Waals surface area contributed by atoms with Crippen LogP contribution in [0, 0.1) is 10.1 Å². The number of carbonyl (C=O) groups is 1. The van der Waals surface area contributed by atoms with Crippen LogP contribution in [0.4, 0.5) is 20.3 Å². The topological polar surface area (TPSA) is 98.5 Å². The monoisotopic (exact) mass is 364 g/mol. The predicted octanol–water partition coefficient (Wildman–Crippen LogP) is 2.59. The molecule has 1 aromatic heterocycles. The fraction of sp³-hybridized carbons (Fsp3) is 0.615. The summed E-state index contributed by atoms with van der Waals surface area (Å²) in [6.07, 6.45) is -0.00939. The van der Waals surface area contributed by atoms with Crippen LogP contribution in [0.2, 0.25) is 5.28 Å². The van der Waals surface area contributed by atoms with Crippen molar-refractivity contribution in [2.75, 3.05) is 12.0 Å². The summed E-state index contributed by atoms with van der Waals surface area (Å²) < 4.78 is 31.3. The molecule has 8 nitrogen and oxygen atoms in total. The van der Waals surface area contributed by atoms with Crippen molar-refractivity contribution in [1.82, 2.24) is 9.97 Å². The quantitative estimate of drug-likeness (QED) is 0.331. The van der Waals surface area contributed by atoms with E-state index in [0.717, 1.165) is 13.3 Å². The van der Waals surface area contributed by atoms with Crippen molar-refractivity contribution < 1.29 is 23.2 Å². The number of nitrogens with zero attached hydrogens (tertiary/aromatic N) is 4. The van der Waals surface area contributed by atoms with Crippen LogP contribution in [0.25, 0.3) is 0 Å². The molecule has 1 aliphatic rings. The standard InChI is InChI=1S/C13H15ClF2N4O4/c1-3-8(11(21)24-2)19(7-4-13(15,16)5-7)10-9(20(22)23)6-17-12(14)18-10/h6-8H,3-5H2,1-2H3/t8-/m1/s1. The van der Waals surface area contributed by atoms with Gasteiger partial charge in [-0.1, -0.05) is 6.92 Å². The van der Waals surface area contributed by atoms with E-state index in [-0.39, 0.29) is 17.5 Å². The zero-order chi connectivity index (χ0) is 18.1. The lowest BCUT2D eigenvalue weighted by Gasteiger charge is -2.45. The maximum absolute atomic E-state index is 13.3. The lowest BCUT2D eigenvalue weighted by atomic mass is 9.85. The third-order valence-electron chi connectivity index (χ3n) is 3.82. The van der Waals surface area contributed by atoms with Crippen LogP contribution in [0.15, 0.2) is 6.20 Å². The summed E-state index contributed by atoms with van der Waals surface area (Å²) >= 11 is 5.71. The average Bonchev–Trinajstić information content (AvgIpc) is 2.49. The molecule has 0 amide bonds. The van der Waals surface area contributed by atoms with Crippen molar-refractivity contribution in [2.45, 2.75) is 44.2 Å². The molecule has 1 fully saturated rings. The zero-order valence-electron chi connectivity index (χ0n) is 12.9. The number of nitro groups is 1. The first-order chi connectivity index (χ1) is 11.2. The van der Waals surface area contributed by atoms with Crippen LogP contribution in [-0.4, -0.2) is 46.0 Å². The smallest absolute Gasteiger partial charge is 0.329 e. The average molecular weight is 365 g/mol. The van der Waals surface area contributed by atoms with Crippen LogP contribution >= 0.6 is 11.6 Å². The number of carbonyl (C=O) groups excluding carboxylic acids is 1. The Kier molecular flexibility index (Phi) is 5.16. The van der Waals surface area contributed by atoms with Gasteiger partial charge in [-0.25, -0.2) is 18.6 Å². The van der Waals surface area contributed by atoms with Gasteiger partial charge >= 0.3 is 11.7 Å². The number of halogens is 3. The number of alkyl halides is 2. The summed E-state index contributed by atoms with van der Waals surface area (Å²) in [4.78, 5) is 31.1. The van der Waals surface area contributed by atoms with Crippen molar-refractivity contribution in [3.63, 3.8) is 0 Å². The molecule has 0 spiro atoms. The highest BCUT2D eigenvalue weighted by atomic mass is 35.5. The van der Waals surface area contributed by atoms with Gasteiger partial charge in [-0.15, -0.1) is 0 Å². The van der Waals surface area contributed by atoms with Crippen molar-refractivity contribution in [1.29, 1.82) is 0 Å². The second kappa shape index (κ2) is 6.80. The van der Waals surface area contributed by atoms with Crippen LogP contribution in [0.5, 0.6) is 0 Å². The third kappa shape index (κ3) is 3.53. The molecule has 0 aromatic carbocycles. The molecular weight excluding hydrogens is 350 g/mol. The number of methoxy groups -OCH3 is 1. The summed E-state index contributed by atoms with van der Waals surface area (Å²) in [5.41, 5.74) is -0.517. The molecule has 11 heteroatoms. The number of ether oxygens (including phenoxy) is 1. The van der Waals surface area contributed by atoms with E-state index >= 15 is 0 Å². The van der Waals surface area contributed by atoms with E-state index in [4.69, 9.17) is 16.3 Å². The second-order valence-corrected chi connectivity index (χ2v) is 5.72. The molecule has 1 atom stereocenters.